The molecule has 0 fully saturated rings. The molecule has 0 amide bonds. The van der Waals surface area contributed by atoms with Gasteiger partial charge < -0.3 is 14.7 Å². The summed E-state index contributed by atoms with van der Waals surface area (Å²) >= 11 is 0. The second-order valence-corrected chi connectivity index (χ2v) is 2.28. The van der Waals surface area contributed by atoms with Gasteiger partial charge in [-0.25, -0.2) is 4.98 Å². The number of aryl methyl sites for hydroxylation is 1. The zero-order valence-electron chi connectivity index (χ0n) is 6.83. The van der Waals surface area contributed by atoms with Gasteiger partial charge in [-0.1, -0.05) is 0 Å². The second kappa shape index (κ2) is 2.74. The number of imidazole rings is 1. The van der Waals surface area contributed by atoms with Crippen LogP contribution in [-0.2, 0) is 7.05 Å². The lowest BCUT2D eigenvalue weighted by atomic mass is 10.4. The monoisotopic (exact) mass is 152 g/mol. The molecular weight excluding hydrogens is 142 g/mol. The molecule has 0 N–H and O–H groups in total. The van der Waals surface area contributed by atoms with Gasteiger partial charge in [0.1, 0.15) is 5.82 Å². The van der Waals surface area contributed by atoms with E-state index in [9.17, 15) is 5.11 Å². The van der Waals surface area contributed by atoms with Gasteiger partial charge in [0.2, 0.25) is 0 Å². The van der Waals surface area contributed by atoms with Gasteiger partial charge in [0.25, 0.3) is 0 Å². The molecule has 0 spiro atoms. The summed E-state index contributed by atoms with van der Waals surface area (Å²) in [6, 6.07) is 0. The zero-order valence-corrected chi connectivity index (χ0v) is 6.83. The number of aromatic nitrogens is 2. The first-order chi connectivity index (χ1) is 5.16. The minimum atomic E-state index is -0.229. The fourth-order valence-electron chi connectivity index (χ4n) is 0.815. The van der Waals surface area contributed by atoms with Crippen LogP contribution in [-0.4, -0.2) is 22.5 Å². The highest BCUT2D eigenvalue weighted by Gasteiger charge is 1.99. The summed E-state index contributed by atoms with van der Waals surface area (Å²) in [6.07, 6.45) is 1.53. The highest BCUT2D eigenvalue weighted by Crippen LogP contribution is 1.99. The molecule has 1 aromatic heterocycles. The Bertz CT molecular complexity index is 288. The Morgan fingerprint density at radius 2 is 2.36 bits per heavy atom. The maximum absolute atomic E-state index is 11.0. The maximum Gasteiger partial charge on any atom is 0.105 e. The first-order valence-electron chi connectivity index (χ1n) is 3.29. The lowest BCUT2D eigenvalue weighted by Gasteiger charge is -2.09. The average Bonchev–Trinajstić information content (AvgIpc) is 2.32. The van der Waals surface area contributed by atoms with E-state index in [0.29, 0.717) is 5.69 Å². The summed E-state index contributed by atoms with van der Waals surface area (Å²) in [5, 5.41) is 11.0. The molecule has 60 valence electrons. The van der Waals surface area contributed by atoms with Crippen molar-refractivity contribution in [3.05, 3.63) is 17.7 Å². The average molecular weight is 152 g/mol. The van der Waals surface area contributed by atoms with E-state index in [1.807, 2.05) is 6.92 Å². The Labute approximate surface area is 65.2 Å². The standard InChI is InChI=1S/C7H11N3O/c1-5-9-4-6(10(5)3)7(11)8-2/h4H,1-3H3,(H,8,11)/p-1. The topological polar surface area (TPSA) is 53.2 Å². The highest BCUT2D eigenvalue weighted by atomic mass is 16.3. The maximum atomic E-state index is 11.0. The molecule has 0 saturated carbocycles. The molecule has 0 aliphatic carbocycles. The Kier molecular flexibility index (Phi) is 1.94. The molecule has 0 aliphatic heterocycles. The quantitative estimate of drug-likeness (QED) is 0.401. The van der Waals surface area contributed by atoms with Crippen molar-refractivity contribution in [3.63, 3.8) is 0 Å². The fourth-order valence-corrected chi connectivity index (χ4v) is 0.815. The van der Waals surface area contributed by atoms with Crippen molar-refractivity contribution in [2.45, 2.75) is 6.92 Å². The van der Waals surface area contributed by atoms with Crippen molar-refractivity contribution >= 4 is 5.90 Å². The van der Waals surface area contributed by atoms with Crippen molar-refractivity contribution in [2.75, 3.05) is 7.05 Å². The van der Waals surface area contributed by atoms with Crippen molar-refractivity contribution in [3.8, 4) is 0 Å². The SMILES string of the molecule is CN=C([O-])c1cnc(C)n1C. The van der Waals surface area contributed by atoms with E-state index < -0.39 is 0 Å². The van der Waals surface area contributed by atoms with E-state index >= 15 is 0 Å². The summed E-state index contributed by atoms with van der Waals surface area (Å²) in [5.41, 5.74) is 0.532. The third-order valence-corrected chi connectivity index (χ3v) is 1.64. The summed E-state index contributed by atoms with van der Waals surface area (Å²) < 4.78 is 1.72. The third-order valence-electron chi connectivity index (χ3n) is 1.64. The molecule has 4 nitrogen and oxygen atoms in total. The van der Waals surface area contributed by atoms with E-state index in [1.54, 1.807) is 11.6 Å². The Hall–Kier alpha value is -1.32. The van der Waals surface area contributed by atoms with Crippen LogP contribution in [0.3, 0.4) is 0 Å². The highest BCUT2D eigenvalue weighted by molar-refractivity contribution is 5.88. The van der Waals surface area contributed by atoms with E-state index in [0.717, 1.165) is 5.82 Å². The Morgan fingerprint density at radius 1 is 1.73 bits per heavy atom. The van der Waals surface area contributed by atoms with Gasteiger partial charge in [0.05, 0.1) is 11.9 Å². The summed E-state index contributed by atoms with van der Waals surface area (Å²) in [6.45, 7) is 1.84. The molecule has 0 unspecified atom stereocenters. The third kappa shape index (κ3) is 1.24. The Morgan fingerprint density at radius 3 is 2.73 bits per heavy atom. The van der Waals surface area contributed by atoms with Crippen molar-refractivity contribution in [2.24, 2.45) is 12.0 Å². The molecule has 0 atom stereocenters. The number of aliphatic imine (C=N–C) groups is 1. The molecule has 4 heteroatoms. The molecule has 0 radical (unpaired) electrons. The number of rotatable bonds is 1. The minimum Gasteiger partial charge on any atom is -0.857 e. The summed E-state index contributed by atoms with van der Waals surface area (Å²) in [7, 11) is 3.27. The van der Waals surface area contributed by atoms with Gasteiger partial charge in [-0.15, -0.1) is 0 Å². The molecule has 1 aromatic rings. The first-order valence-corrected chi connectivity index (χ1v) is 3.29. The van der Waals surface area contributed by atoms with Crippen LogP contribution < -0.4 is 5.11 Å². The predicted octanol–water partition coefficient (Wildman–Crippen LogP) is -0.535. The Balaban J connectivity index is 3.15. The van der Waals surface area contributed by atoms with Gasteiger partial charge >= 0.3 is 0 Å². The van der Waals surface area contributed by atoms with Crippen LogP contribution in [0.25, 0.3) is 0 Å². The lowest BCUT2D eigenvalue weighted by Crippen LogP contribution is -2.21. The predicted molar refractivity (Wildman–Crippen MR) is 40.4 cm³/mol. The van der Waals surface area contributed by atoms with Gasteiger partial charge in [0.15, 0.2) is 0 Å². The van der Waals surface area contributed by atoms with Crippen LogP contribution >= 0.6 is 0 Å². The van der Waals surface area contributed by atoms with Gasteiger partial charge in [0, 0.05) is 20.0 Å². The molecule has 0 aromatic carbocycles. The molecule has 1 heterocycles. The van der Waals surface area contributed by atoms with Crippen LogP contribution in [0.2, 0.25) is 0 Å². The number of nitrogens with zero attached hydrogens (tertiary/aromatic N) is 3. The van der Waals surface area contributed by atoms with Gasteiger partial charge in [-0.2, -0.15) is 0 Å². The normalized spacial score (nSPS) is 12.1. The van der Waals surface area contributed by atoms with Crippen molar-refractivity contribution in [1.29, 1.82) is 0 Å². The van der Waals surface area contributed by atoms with Crippen molar-refractivity contribution in [1.82, 2.24) is 9.55 Å². The summed E-state index contributed by atoms with van der Waals surface area (Å²) in [5.74, 6) is 0.588. The van der Waals surface area contributed by atoms with E-state index in [1.165, 1.54) is 13.2 Å². The van der Waals surface area contributed by atoms with Crippen LogP contribution in [0, 0.1) is 6.92 Å². The summed E-state index contributed by atoms with van der Waals surface area (Å²) in [4.78, 5) is 7.50. The molecule has 0 saturated heterocycles. The first kappa shape index (κ1) is 7.78. The minimum absolute atomic E-state index is 0.229. The van der Waals surface area contributed by atoms with Crippen molar-refractivity contribution < 1.29 is 5.11 Å². The zero-order chi connectivity index (χ0) is 8.43. The largest absolute Gasteiger partial charge is 0.857 e. The van der Waals surface area contributed by atoms with E-state index in [2.05, 4.69) is 9.98 Å². The van der Waals surface area contributed by atoms with Gasteiger partial charge in [-0.05, 0) is 6.92 Å². The number of hydrogen-bond donors (Lipinski definition) is 0. The van der Waals surface area contributed by atoms with Crippen LogP contribution in [0.15, 0.2) is 11.2 Å². The smallest absolute Gasteiger partial charge is 0.105 e. The lowest BCUT2D eigenvalue weighted by molar-refractivity contribution is -0.213. The molecule has 11 heavy (non-hydrogen) atoms. The van der Waals surface area contributed by atoms with Crippen LogP contribution in [0.5, 0.6) is 0 Å². The fraction of sp³-hybridized carbons (Fsp3) is 0.429. The molecule has 0 bridgehead atoms. The molecular formula is C7H10N3O-. The molecule has 0 aliphatic rings. The second-order valence-electron chi connectivity index (χ2n) is 2.28. The molecule has 1 rings (SSSR count). The van der Waals surface area contributed by atoms with Crippen LogP contribution in [0.1, 0.15) is 11.5 Å². The number of hydrogen-bond acceptors (Lipinski definition) is 3. The van der Waals surface area contributed by atoms with Crippen LogP contribution in [0.4, 0.5) is 0 Å². The van der Waals surface area contributed by atoms with E-state index in [-0.39, 0.29) is 5.90 Å². The van der Waals surface area contributed by atoms with E-state index in [4.69, 9.17) is 0 Å². The van der Waals surface area contributed by atoms with Gasteiger partial charge in [-0.3, -0.25) is 0 Å².